The first kappa shape index (κ1) is 20.6. The van der Waals surface area contributed by atoms with Crippen molar-refractivity contribution in [2.45, 2.75) is 45.6 Å². The third-order valence-corrected chi connectivity index (χ3v) is 6.24. The third kappa shape index (κ3) is 5.62. The minimum absolute atomic E-state index is 0. The summed E-state index contributed by atoms with van der Waals surface area (Å²) in [6.07, 6.45) is 7.81. The summed E-state index contributed by atoms with van der Waals surface area (Å²) in [4.78, 5) is 18.5. The van der Waals surface area contributed by atoms with Crippen molar-refractivity contribution in [1.82, 2.24) is 20.2 Å². The maximum absolute atomic E-state index is 4.82. The van der Waals surface area contributed by atoms with Crippen molar-refractivity contribution in [3.05, 3.63) is 31.7 Å². The molecule has 1 N–H and O–H groups in total. The van der Waals surface area contributed by atoms with Crippen LogP contribution in [0.25, 0.3) is 0 Å². The fourth-order valence-electron chi connectivity index (χ4n) is 2.93. The number of rotatable bonds is 5. The Bertz CT molecular complexity index is 686. The Morgan fingerprint density at radius 2 is 2.08 bits per heavy atom. The Kier molecular flexibility index (Phi) is 8.08. The molecule has 0 fully saturated rings. The third-order valence-electron chi connectivity index (χ3n) is 4.13. The largest absolute Gasteiger partial charge is 0.356 e. The minimum Gasteiger partial charge on any atom is -0.356 e. The molecule has 0 bridgehead atoms. The van der Waals surface area contributed by atoms with Gasteiger partial charge in [0.25, 0.3) is 0 Å². The Balaban J connectivity index is 0.00000225. The molecule has 0 spiro atoms. The Morgan fingerprint density at radius 1 is 1.28 bits per heavy atom. The number of nitrogens with one attached hydrogen (secondary N) is 1. The molecule has 25 heavy (non-hydrogen) atoms. The highest BCUT2D eigenvalue weighted by molar-refractivity contribution is 14.0. The average molecular weight is 491 g/mol. The molecular weight excluding hydrogens is 465 g/mol. The van der Waals surface area contributed by atoms with Gasteiger partial charge in [0, 0.05) is 43.0 Å². The van der Waals surface area contributed by atoms with Gasteiger partial charge in [-0.25, -0.2) is 9.97 Å². The van der Waals surface area contributed by atoms with Crippen LogP contribution in [0, 0.1) is 6.92 Å². The van der Waals surface area contributed by atoms with E-state index in [4.69, 9.17) is 4.98 Å². The standard InChI is InChI=1S/C17H25N5S2.HI/c1-12-10-20-15(23-12)8-9-19-17(18-2)22(3)11-16-21-13-6-4-5-7-14(13)24-16;/h10H,4-9,11H2,1-3H3,(H,18,19);1H. The van der Waals surface area contributed by atoms with E-state index in [9.17, 15) is 0 Å². The average Bonchev–Trinajstić information content (AvgIpc) is 3.16. The summed E-state index contributed by atoms with van der Waals surface area (Å²) in [6, 6.07) is 0. The lowest BCUT2D eigenvalue weighted by atomic mass is 10.0. The second-order valence-electron chi connectivity index (χ2n) is 6.13. The zero-order valence-corrected chi connectivity index (χ0v) is 19.0. The van der Waals surface area contributed by atoms with Crippen LogP contribution in [-0.2, 0) is 25.8 Å². The van der Waals surface area contributed by atoms with Gasteiger partial charge < -0.3 is 10.2 Å². The van der Waals surface area contributed by atoms with Gasteiger partial charge in [0.05, 0.1) is 17.2 Å². The molecule has 0 amide bonds. The zero-order chi connectivity index (χ0) is 16.9. The van der Waals surface area contributed by atoms with Gasteiger partial charge in [-0.15, -0.1) is 46.7 Å². The lowest BCUT2D eigenvalue weighted by Gasteiger charge is -2.20. The van der Waals surface area contributed by atoms with Crippen molar-refractivity contribution >= 4 is 52.6 Å². The maximum atomic E-state index is 4.82. The van der Waals surface area contributed by atoms with E-state index in [1.54, 1.807) is 11.3 Å². The molecule has 1 aliphatic rings. The van der Waals surface area contributed by atoms with E-state index in [1.165, 1.54) is 44.7 Å². The number of nitrogens with zero attached hydrogens (tertiary/aromatic N) is 4. The molecule has 2 aromatic rings. The van der Waals surface area contributed by atoms with Crippen molar-refractivity contribution in [3.8, 4) is 0 Å². The molecule has 0 saturated heterocycles. The molecule has 3 rings (SSSR count). The zero-order valence-electron chi connectivity index (χ0n) is 15.0. The summed E-state index contributed by atoms with van der Waals surface area (Å²) < 4.78 is 0. The lowest BCUT2D eigenvalue weighted by Crippen LogP contribution is -2.39. The van der Waals surface area contributed by atoms with E-state index in [1.807, 2.05) is 24.6 Å². The van der Waals surface area contributed by atoms with Crippen LogP contribution in [0.2, 0.25) is 0 Å². The summed E-state index contributed by atoms with van der Waals surface area (Å²) in [5.74, 6) is 0.913. The molecule has 8 heteroatoms. The van der Waals surface area contributed by atoms with Crippen LogP contribution < -0.4 is 5.32 Å². The van der Waals surface area contributed by atoms with E-state index < -0.39 is 0 Å². The van der Waals surface area contributed by atoms with Gasteiger partial charge >= 0.3 is 0 Å². The normalized spacial score (nSPS) is 14.0. The Morgan fingerprint density at radius 3 is 2.76 bits per heavy atom. The van der Waals surface area contributed by atoms with Crippen molar-refractivity contribution in [1.29, 1.82) is 0 Å². The summed E-state index contributed by atoms with van der Waals surface area (Å²) in [7, 11) is 3.91. The van der Waals surface area contributed by atoms with Gasteiger partial charge in [0.1, 0.15) is 5.01 Å². The molecule has 0 atom stereocenters. The van der Waals surface area contributed by atoms with Crippen molar-refractivity contribution in [2.24, 2.45) is 4.99 Å². The number of aromatic nitrogens is 2. The fraction of sp³-hybridized carbons (Fsp3) is 0.588. The molecule has 2 heterocycles. The van der Waals surface area contributed by atoms with Gasteiger partial charge in [0.2, 0.25) is 0 Å². The van der Waals surface area contributed by atoms with Crippen LogP contribution in [0.15, 0.2) is 11.2 Å². The maximum Gasteiger partial charge on any atom is 0.193 e. The first-order valence-electron chi connectivity index (χ1n) is 8.46. The van der Waals surface area contributed by atoms with Gasteiger partial charge in [-0.1, -0.05) is 0 Å². The number of hydrogen-bond acceptors (Lipinski definition) is 5. The van der Waals surface area contributed by atoms with Crippen LogP contribution in [0.3, 0.4) is 0 Å². The van der Waals surface area contributed by atoms with E-state index in [0.29, 0.717) is 0 Å². The van der Waals surface area contributed by atoms with E-state index in [-0.39, 0.29) is 24.0 Å². The molecule has 0 saturated carbocycles. The number of guanidine groups is 1. The number of thiazole rings is 2. The van der Waals surface area contributed by atoms with Crippen LogP contribution in [-0.4, -0.2) is 41.5 Å². The van der Waals surface area contributed by atoms with Gasteiger partial charge in [-0.3, -0.25) is 4.99 Å². The molecule has 2 aromatic heterocycles. The topological polar surface area (TPSA) is 53.4 Å². The van der Waals surface area contributed by atoms with E-state index in [0.717, 1.165) is 31.9 Å². The van der Waals surface area contributed by atoms with E-state index in [2.05, 4.69) is 34.2 Å². The fourth-order valence-corrected chi connectivity index (χ4v) is 4.93. The number of aliphatic imine (C=N–C) groups is 1. The first-order chi connectivity index (χ1) is 11.7. The molecular formula is C17H26IN5S2. The molecule has 0 aliphatic heterocycles. The van der Waals surface area contributed by atoms with Crippen LogP contribution >= 0.6 is 46.7 Å². The number of halogens is 1. The Hall–Kier alpha value is -0.740. The summed E-state index contributed by atoms with van der Waals surface area (Å²) in [5, 5.41) is 5.80. The van der Waals surface area contributed by atoms with E-state index >= 15 is 0 Å². The lowest BCUT2D eigenvalue weighted by molar-refractivity contribution is 0.475. The molecule has 0 radical (unpaired) electrons. The van der Waals surface area contributed by atoms with Crippen LogP contribution in [0.1, 0.15) is 38.3 Å². The second-order valence-corrected chi connectivity index (χ2v) is 8.62. The summed E-state index contributed by atoms with van der Waals surface area (Å²) in [6.45, 7) is 3.75. The van der Waals surface area contributed by atoms with Gasteiger partial charge in [-0.05, 0) is 32.6 Å². The summed E-state index contributed by atoms with van der Waals surface area (Å²) >= 11 is 3.63. The molecule has 0 unspecified atom stereocenters. The van der Waals surface area contributed by atoms with Crippen LogP contribution in [0.5, 0.6) is 0 Å². The minimum atomic E-state index is 0. The molecule has 0 aromatic carbocycles. The van der Waals surface area contributed by atoms with Gasteiger partial charge in [0.15, 0.2) is 5.96 Å². The SMILES string of the molecule is CN=C(NCCc1ncc(C)s1)N(C)Cc1nc2c(s1)CCCC2.I. The smallest absolute Gasteiger partial charge is 0.193 e. The van der Waals surface area contributed by atoms with Crippen molar-refractivity contribution in [2.75, 3.05) is 20.6 Å². The number of fused-ring (bicyclic) bond motifs is 1. The molecule has 5 nitrogen and oxygen atoms in total. The summed E-state index contributed by atoms with van der Waals surface area (Å²) in [5.41, 5.74) is 1.33. The Labute approximate surface area is 175 Å². The highest BCUT2D eigenvalue weighted by Crippen LogP contribution is 2.27. The monoisotopic (exact) mass is 491 g/mol. The van der Waals surface area contributed by atoms with Crippen molar-refractivity contribution < 1.29 is 0 Å². The highest BCUT2D eigenvalue weighted by atomic mass is 127. The predicted molar refractivity (Wildman–Crippen MR) is 118 cm³/mol. The van der Waals surface area contributed by atoms with Crippen molar-refractivity contribution in [3.63, 3.8) is 0 Å². The molecule has 1 aliphatic carbocycles. The second kappa shape index (κ2) is 9.82. The molecule has 138 valence electrons. The van der Waals surface area contributed by atoms with Gasteiger partial charge in [-0.2, -0.15) is 0 Å². The van der Waals surface area contributed by atoms with Crippen LogP contribution in [0.4, 0.5) is 0 Å². The first-order valence-corrected chi connectivity index (χ1v) is 10.1. The number of hydrogen-bond donors (Lipinski definition) is 1. The predicted octanol–water partition coefficient (Wildman–Crippen LogP) is 3.65. The quantitative estimate of drug-likeness (QED) is 0.394. The highest BCUT2D eigenvalue weighted by Gasteiger charge is 2.16. The number of aryl methyl sites for hydroxylation is 3.